The Kier molecular flexibility index (Phi) is 4.16. The van der Waals surface area contributed by atoms with Crippen LogP contribution in [0.4, 0.5) is 5.69 Å². The highest BCUT2D eigenvalue weighted by atomic mass is 16.5. The van der Waals surface area contributed by atoms with Gasteiger partial charge in [-0.15, -0.1) is 0 Å². The molecule has 0 atom stereocenters. The van der Waals surface area contributed by atoms with E-state index < -0.39 is 0 Å². The van der Waals surface area contributed by atoms with Gasteiger partial charge in [-0.25, -0.2) is 4.98 Å². The Morgan fingerprint density at radius 3 is 2.65 bits per heavy atom. The minimum absolute atomic E-state index is 0.125. The van der Waals surface area contributed by atoms with Crippen LogP contribution in [0.2, 0.25) is 0 Å². The third kappa shape index (κ3) is 3.18. The molecule has 0 aliphatic carbocycles. The van der Waals surface area contributed by atoms with E-state index in [-0.39, 0.29) is 18.1 Å². The number of benzene rings is 1. The molecule has 6 heteroatoms. The lowest BCUT2D eigenvalue weighted by atomic mass is 10.3. The summed E-state index contributed by atoms with van der Waals surface area (Å²) in [6.45, 7) is 2.91. The van der Waals surface area contributed by atoms with Gasteiger partial charge in [0.1, 0.15) is 18.0 Å². The van der Waals surface area contributed by atoms with E-state index >= 15 is 0 Å². The van der Waals surface area contributed by atoms with Gasteiger partial charge in [0.15, 0.2) is 0 Å². The minimum Gasteiger partial charge on any atom is -0.487 e. The summed E-state index contributed by atoms with van der Waals surface area (Å²) in [6, 6.07) is 12.7. The first-order chi connectivity index (χ1) is 12.6. The molecule has 1 aliphatic rings. The van der Waals surface area contributed by atoms with Crippen LogP contribution in [0.25, 0.3) is 5.65 Å². The zero-order valence-corrected chi connectivity index (χ0v) is 14.5. The Morgan fingerprint density at radius 1 is 1.12 bits per heavy atom. The third-order valence-electron chi connectivity index (χ3n) is 4.47. The van der Waals surface area contributed by atoms with Crippen molar-refractivity contribution in [3.8, 4) is 5.75 Å². The van der Waals surface area contributed by atoms with Crippen LogP contribution in [-0.2, 0) is 11.4 Å². The third-order valence-corrected chi connectivity index (χ3v) is 4.47. The number of pyridine rings is 1. The molecule has 1 saturated heterocycles. The van der Waals surface area contributed by atoms with Crippen LogP contribution in [0.1, 0.15) is 24.1 Å². The SMILES string of the molecule is Cc1ccc2nc(COc3ccc(N4CCCC4=O)cc3)cc(=O)n2c1. The van der Waals surface area contributed by atoms with Crippen molar-refractivity contribution in [3.63, 3.8) is 0 Å². The molecule has 3 heterocycles. The number of aryl methyl sites for hydroxylation is 1. The maximum Gasteiger partial charge on any atom is 0.258 e. The Bertz CT molecular complexity index is 1020. The first kappa shape index (κ1) is 16.3. The molecule has 6 nitrogen and oxygen atoms in total. The number of hydrogen-bond donors (Lipinski definition) is 0. The van der Waals surface area contributed by atoms with Gasteiger partial charge in [0.2, 0.25) is 5.91 Å². The second kappa shape index (κ2) is 6.63. The molecule has 1 amide bonds. The van der Waals surface area contributed by atoms with E-state index in [9.17, 15) is 9.59 Å². The minimum atomic E-state index is -0.125. The molecule has 0 spiro atoms. The van der Waals surface area contributed by atoms with E-state index in [0.717, 1.165) is 24.2 Å². The molecule has 132 valence electrons. The van der Waals surface area contributed by atoms with Gasteiger partial charge in [-0.05, 0) is 49.2 Å². The van der Waals surface area contributed by atoms with Crippen LogP contribution in [0.5, 0.6) is 5.75 Å². The number of fused-ring (bicyclic) bond motifs is 1. The second-order valence-corrected chi connectivity index (χ2v) is 6.45. The molecule has 1 fully saturated rings. The highest BCUT2D eigenvalue weighted by Gasteiger charge is 2.21. The lowest BCUT2D eigenvalue weighted by Crippen LogP contribution is -2.23. The number of anilines is 1. The van der Waals surface area contributed by atoms with E-state index in [2.05, 4.69) is 4.98 Å². The van der Waals surface area contributed by atoms with E-state index in [1.807, 2.05) is 43.3 Å². The van der Waals surface area contributed by atoms with Gasteiger partial charge < -0.3 is 9.64 Å². The normalized spacial score (nSPS) is 14.2. The maximum absolute atomic E-state index is 12.2. The molecule has 2 aromatic heterocycles. The number of carbonyl (C=O) groups excluding carboxylic acids is 1. The van der Waals surface area contributed by atoms with Gasteiger partial charge in [-0.1, -0.05) is 6.07 Å². The Balaban J connectivity index is 1.48. The quantitative estimate of drug-likeness (QED) is 0.726. The largest absolute Gasteiger partial charge is 0.487 e. The highest BCUT2D eigenvalue weighted by molar-refractivity contribution is 5.95. The summed E-state index contributed by atoms with van der Waals surface area (Å²) in [5, 5.41) is 0. The average molecular weight is 349 g/mol. The fraction of sp³-hybridized carbons (Fsp3) is 0.250. The van der Waals surface area contributed by atoms with Gasteiger partial charge >= 0.3 is 0 Å². The first-order valence-electron chi connectivity index (χ1n) is 8.62. The van der Waals surface area contributed by atoms with E-state index in [4.69, 9.17) is 4.74 Å². The van der Waals surface area contributed by atoms with Crippen LogP contribution in [-0.4, -0.2) is 21.8 Å². The molecular weight excluding hydrogens is 330 g/mol. The van der Waals surface area contributed by atoms with Crippen molar-refractivity contribution >= 4 is 17.2 Å². The number of rotatable bonds is 4. The van der Waals surface area contributed by atoms with E-state index in [1.54, 1.807) is 11.1 Å². The van der Waals surface area contributed by atoms with Crippen molar-refractivity contribution < 1.29 is 9.53 Å². The smallest absolute Gasteiger partial charge is 0.258 e. The van der Waals surface area contributed by atoms with Crippen LogP contribution in [0.3, 0.4) is 0 Å². The van der Waals surface area contributed by atoms with Crippen molar-refractivity contribution in [1.29, 1.82) is 0 Å². The van der Waals surface area contributed by atoms with Gasteiger partial charge in [-0.2, -0.15) is 0 Å². The predicted molar refractivity (Wildman–Crippen MR) is 98.6 cm³/mol. The molecule has 0 radical (unpaired) electrons. The van der Waals surface area contributed by atoms with Crippen LogP contribution < -0.4 is 15.2 Å². The fourth-order valence-electron chi connectivity index (χ4n) is 3.13. The number of amides is 1. The van der Waals surface area contributed by atoms with Gasteiger partial charge in [0.25, 0.3) is 5.56 Å². The van der Waals surface area contributed by atoms with Crippen molar-refractivity contribution in [1.82, 2.24) is 9.38 Å². The predicted octanol–water partition coefficient (Wildman–Crippen LogP) is 2.71. The Morgan fingerprint density at radius 2 is 1.92 bits per heavy atom. The zero-order chi connectivity index (χ0) is 18.1. The summed E-state index contributed by atoms with van der Waals surface area (Å²) in [5.74, 6) is 0.834. The molecule has 26 heavy (non-hydrogen) atoms. The summed E-state index contributed by atoms with van der Waals surface area (Å²) in [7, 11) is 0. The lowest BCUT2D eigenvalue weighted by molar-refractivity contribution is -0.117. The Labute approximate surface area is 150 Å². The second-order valence-electron chi connectivity index (χ2n) is 6.45. The fourth-order valence-corrected chi connectivity index (χ4v) is 3.13. The molecule has 0 N–H and O–H groups in total. The van der Waals surface area contributed by atoms with Gasteiger partial charge in [-0.3, -0.25) is 14.0 Å². The monoisotopic (exact) mass is 349 g/mol. The standard InChI is InChI=1S/C20H19N3O3/c1-14-4-9-18-21-15(11-20(25)23(18)12-14)13-26-17-7-5-16(6-8-17)22-10-2-3-19(22)24/h4-9,11-12H,2-3,10,13H2,1H3. The molecule has 1 aliphatic heterocycles. The van der Waals surface area contributed by atoms with Crippen LogP contribution in [0, 0.1) is 6.92 Å². The highest BCUT2D eigenvalue weighted by Crippen LogP contribution is 2.24. The summed E-state index contributed by atoms with van der Waals surface area (Å²) in [5.41, 5.74) is 2.95. The topological polar surface area (TPSA) is 63.9 Å². The number of ether oxygens (including phenoxy) is 1. The van der Waals surface area contributed by atoms with Crippen LogP contribution >= 0.6 is 0 Å². The molecule has 4 rings (SSSR count). The van der Waals surface area contributed by atoms with Gasteiger partial charge in [0, 0.05) is 30.9 Å². The summed E-state index contributed by atoms with van der Waals surface area (Å²) in [6.07, 6.45) is 3.29. The van der Waals surface area contributed by atoms with Crippen molar-refractivity contribution in [2.45, 2.75) is 26.4 Å². The first-order valence-corrected chi connectivity index (χ1v) is 8.62. The zero-order valence-electron chi connectivity index (χ0n) is 14.5. The summed E-state index contributed by atoms with van der Waals surface area (Å²) < 4.78 is 7.28. The lowest BCUT2D eigenvalue weighted by Gasteiger charge is -2.16. The number of nitrogens with zero attached hydrogens (tertiary/aromatic N) is 3. The molecule has 0 unspecified atom stereocenters. The van der Waals surface area contributed by atoms with Crippen molar-refractivity contribution in [2.24, 2.45) is 0 Å². The average Bonchev–Trinajstić information content (AvgIpc) is 3.07. The summed E-state index contributed by atoms with van der Waals surface area (Å²) in [4.78, 5) is 30.3. The van der Waals surface area contributed by atoms with Crippen molar-refractivity contribution in [3.05, 3.63) is 70.3 Å². The van der Waals surface area contributed by atoms with E-state index in [0.29, 0.717) is 23.5 Å². The van der Waals surface area contributed by atoms with Crippen LogP contribution in [0.15, 0.2) is 53.5 Å². The molecule has 3 aromatic rings. The van der Waals surface area contributed by atoms with E-state index in [1.165, 1.54) is 10.5 Å². The maximum atomic E-state index is 12.2. The van der Waals surface area contributed by atoms with Gasteiger partial charge in [0.05, 0.1) is 5.69 Å². The number of carbonyl (C=O) groups is 1. The molecule has 1 aromatic carbocycles. The van der Waals surface area contributed by atoms with Crippen molar-refractivity contribution in [2.75, 3.05) is 11.4 Å². The number of hydrogen-bond acceptors (Lipinski definition) is 4. The molecule has 0 saturated carbocycles. The molecule has 0 bridgehead atoms. The summed E-state index contributed by atoms with van der Waals surface area (Å²) >= 11 is 0. The molecular formula is C20H19N3O3. The number of aromatic nitrogens is 2. The Hall–Kier alpha value is -3.15.